The van der Waals surface area contributed by atoms with Crippen molar-refractivity contribution in [1.29, 1.82) is 0 Å². The summed E-state index contributed by atoms with van der Waals surface area (Å²) in [6.45, 7) is 5.91. The highest BCUT2D eigenvalue weighted by atomic mass is 19.2. The van der Waals surface area contributed by atoms with Gasteiger partial charge in [-0.1, -0.05) is 26.0 Å². The van der Waals surface area contributed by atoms with E-state index in [4.69, 9.17) is 4.74 Å². The molecule has 0 radical (unpaired) electrons. The fraction of sp³-hybridized carbons (Fsp3) is 0.316. The molecule has 2 aromatic carbocycles. The van der Waals surface area contributed by atoms with Crippen molar-refractivity contribution in [2.75, 3.05) is 6.61 Å². The minimum atomic E-state index is -1.32. The number of halogens is 3. The summed E-state index contributed by atoms with van der Waals surface area (Å²) in [7, 11) is 0. The molecule has 27 heavy (non-hydrogen) atoms. The van der Waals surface area contributed by atoms with Crippen LogP contribution in [0.4, 0.5) is 13.2 Å². The molecule has 0 saturated carbocycles. The van der Waals surface area contributed by atoms with Crippen LogP contribution in [0.3, 0.4) is 0 Å². The predicted octanol–water partition coefficient (Wildman–Crippen LogP) is 4.53. The molecular formula is C19H18F3N3O2. The van der Waals surface area contributed by atoms with E-state index in [1.807, 2.05) is 20.8 Å². The molecule has 3 rings (SSSR count). The van der Waals surface area contributed by atoms with Crippen molar-refractivity contribution in [1.82, 2.24) is 15.0 Å². The Morgan fingerprint density at radius 2 is 1.96 bits per heavy atom. The van der Waals surface area contributed by atoms with Gasteiger partial charge in [-0.3, -0.25) is 0 Å². The van der Waals surface area contributed by atoms with E-state index in [9.17, 15) is 18.0 Å². The maximum Gasteiger partial charge on any atom is 0.338 e. The van der Waals surface area contributed by atoms with Crippen LogP contribution >= 0.6 is 0 Å². The predicted molar refractivity (Wildman–Crippen MR) is 93.4 cm³/mol. The van der Waals surface area contributed by atoms with Gasteiger partial charge in [0.25, 0.3) is 0 Å². The Morgan fingerprint density at radius 3 is 2.63 bits per heavy atom. The molecule has 1 heterocycles. The molecule has 0 amide bonds. The zero-order valence-corrected chi connectivity index (χ0v) is 15.1. The van der Waals surface area contributed by atoms with E-state index in [2.05, 4.69) is 10.3 Å². The standard InChI is InChI=1S/C19H18F3N3O2/c1-4-7-27-19(26)12-5-6-14-18(16(12)10(2)3)23-24-25(14)15-9-11(20)8-13(21)17(15)22/h5-6,8-10H,4,7H2,1-3H3. The summed E-state index contributed by atoms with van der Waals surface area (Å²) in [4.78, 5) is 12.4. The molecular weight excluding hydrogens is 359 g/mol. The maximum atomic E-state index is 14.2. The third-order valence-corrected chi connectivity index (χ3v) is 4.09. The molecule has 3 aromatic rings. The molecule has 0 N–H and O–H groups in total. The van der Waals surface area contributed by atoms with E-state index in [0.717, 1.165) is 10.7 Å². The van der Waals surface area contributed by atoms with Gasteiger partial charge >= 0.3 is 5.97 Å². The van der Waals surface area contributed by atoms with Crippen molar-refractivity contribution in [2.45, 2.75) is 33.1 Å². The van der Waals surface area contributed by atoms with Crippen LogP contribution in [0.25, 0.3) is 16.7 Å². The van der Waals surface area contributed by atoms with E-state index >= 15 is 0 Å². The average Bonchev–Trinajstić information content (AvgIpc) is 3.05. The summed E-state index contributed by atoms with van der Waals surface area (Å²) in [6.07, 6.45) is 0.686. The Bertz CT molecular complexity index is 1020. The lowest BCUT2D eigenvalue weighted by atomic mass is 9.95. The average molecular weight is 377 g/mol. The number of carbonyl (C=O) groups is 1. The zero-order valence-electron chi connectivity index (χ0n) is 15.1. The zero-order chi connectivity index (χ0) is 19.7. The molecule has 5 nitrogen and oxygen atoms in total. The summed E-state index contributed by atoms with van der Waals surface area (Å²) in [5.74, 6) is -4.09. The number of nitrogens with zero attached hydrogens (tertiary/aromatic N) is 3. The molecule has 0 fully saturated rings. The molecule has 8 heteroatoms. The molecule has 0 bridgehead atoms. The minimum Gasteiger partial charge on any atom is -0.462 e. The fourth-order valence-corrected chi connectivity index (χ4v) is 2.92. The van der Waals surface area contributed by atoms with Crippen LogP contribution < -0.4 is 0 Å². The highest BCUT2D eigenvalue weighted by Gasteiger charge is 2.23. The number of fused-ring (bicyclic) bond motifs is 1. The summed E-state index contributed by atoms with van der Waals surface area (Å²) in [5, 5.41) is 7.89. The van der Waals surface area contributed by atoms with Crippen LogP contribution in [0.15, 0.2) is 24.3 Å². The van der Waals surface area contributed by atoms with Gasteiger partial charge in [0.2, 0.25) is 0 Å². The van der Waals surface area contributed by atoms with Gasteiger partial charge in [-0.05, 0) is 30.0 Å². The van der Waals surface area contributed by atoms with Gasteiger partial charge in [0, 0.05) is 12.1 Å². The quantitative estimate of drug-likeness (QED) is 0.484. The number of aromatic nitrogens is 3. The Balaban J connectivity index is 2.21. The Kier molecular flexibility index (Phi) is 5.16. The number of rotatable bonds is 5. The first-order valence-electron chi connectivity index (χ1n) is 8.55. The molecule has 0 aliphatic heterocycles. The fourth-order valence-electron chi connectivity index (χ4n) is 2.92. The largest absolute Gasteiger partial charge is 0.462 e. The van der Waals surface area contributed by atoms with E-state index in [0.29, 0.717) is 34.6 Å². The first-order chi connectivity index (χ1) is 12.8. The van der Waals surface area contributed by atoms with Gasteiger partial charge in [0.05, 0.1) is 17.7 Å². The monoisotopic (exact) mass is 377 g/mol. The lowest BCUT2D eigenvalue weighted by Gasteiger charge is -2.13. The summed E-state index contributed by atoms with van der Waals surface area (Å²) in [6, 6.07) is 4.33. The summed E-state index contributed by atoms with van der Waals surface area (Å²) >= 11 is 0. The minimum absolute atomic E-state index is 0.114. The van der Waals surface area contributed by atoms with E-state index in [-0.39, 0.29) is 12.5 Å². The molecule has 142 valence electrons. The first kappa shape index (κ1) is 18.9. The van der Waals surface area contributed by atoms with Crippen LogP contribution in [0.2, 0.25) is 0 Å². The molecule has 0 spiro atoms. The van der Waals surface area contributed by atoms with Crippen LogP contribution in [0.1, 0.15) is 49.0 Å². The molecule has 1 aromatic heterocycles. The molecule has 0 aliphatic rings. The second kappa shape index (κ2) is 7.38. The number of hydrogen-bond acceptors (Lipinski definition) is 4. The second-order valence-electron chi connectivity index (χ2n) is 6.41. The highest BCUT2D eigenvalue weighted by molar-refractivity contribution is 5.97. The van der Waals surface area contributed by atoms with Crippen molar-refractivity contribution in [3.8, 4) is 5.69 Å². The van der Waals surface area contributed by atoms with Gasteiger partial charge in [0.1, 0.15) is 17.0 Å². The molecule has 0 aliphatic carbocycles. The number of ether oxygens (including phenoxy) is 1. The Labute approximate surface area is 153 Å². The molecule has 0 saturated heterocycles. The Hall–Kier alpha value is -2.90. The van der Waals surface area contributed by atoms with E-state index < -0.39 is 29.1 Å². The normalized spacial score (nSPS) is 11.4. The maximum absolute atomic E-state index is 14.2. The van der Waals surface area contributed by atoms with Crippen LogP contribution in [-0.4, -0.2) is 27.6 Å². The van der Waals surface area contributed by atoms with Crippen molar-refractivity contribution in [3.63, 3.8) is 0 Å². The van der Waals surface area contributed by atoms with E-state index in [1.165, 1.54) is 12.1 Å². The van der Waals surface area contributed by atoms with Crippen molar-refractivity contribution >= 4 is 17.0 Å². The lowest BCUT2D eigenvalue weighted by molar-refractivity contribution is 0.0503. The Morgan fingerprint density at radius 1 is 1.22 bits per heavy atom. The summed E-state index contributed by atoms with van der Waals surface area (Å²) < 4.78 is 47.6. The van der Waals surface area contributed by atoms with Crippen molar-refractivity contribution in [2.24, 2.45) is 0 Å². The van der Waals surface area contributed by atoms with Gasteiger partial charge < -0.3 is 4.74 Å². The lowest BCUT2D eigenvalue weighted by Crippen LogP contribution is -2.10. The van der Waals surface area contributed by atoms with Crippen LogP contribution in [0.5, 0.6) is 0 Å². The molecule has 0 atom stereocenters. The van der Waals surface area contributed by atoms with Crippen LogP contribution in [-0.2, 0) is 4.74 Å². The van der Waals surface area contributed by atoms with E-state index in [1.54, 1.807) is 0 Å². The first-order valence-corrected chi connectivity index (χ1v) is 8.55. The highest BCUT2D eigenvalue weighted by Crippen LogP contribution is 2.30. The topological polar surface area (TPSA) is 57.0 Å². The van der Waals surface area contributed by atoms with Gasteiger partial charge in [0.15, 0.2) is 11.6 Å². The SMILES string of the molecule is CCCOC(=O)c1ccc2c(nnn2-c2cc(F)cc(F)c2F)c1C(C)C. The van der Waals surface area contributed by atoms with Gasteiger partial charge in [-0.25, -0.2) is 22.6 Å². The van der Waals surface area contributed by atoms with Crippen molar-refractivity contribution in [3.05, 3.63) is 52.8 Å². The smallest absolute Gasteiger partial charge is 0.338 e. The third-order valence-electron chi connectivity index (χ3n) is 4.09. The summed E-state index contributed by atoms with van der Waals surface area (Å²) in [5.41, 5.74) is 1.20. The number of benzene rings is 2. The van der Waals surface area contributed by atoms with Gasteiger partial charge in [-0.15, -0.1) is 5.10 Å². The molecule has 0 unspecified atom stereocenters. The van der Waals surface area contributed by atoms with Gasteiger partial charge in [-0.2, -0.15) is 0 Å². The third kappa shape index (κ3) is 3.39. The second-order valence-corrected chi connectivity index (χ2v) is 6.41. The van der Waals surface area contributed by atoms with Crippen LogP contribution in [0, 0.1) is 17.5 Å². The number of esters is 1. The van der Waals surface area contributed by atoms with Crippen molar-refractivity contribution < 1.29 is 22.7 Å². The number of carbonyl (C=O) groups excluding carboxylic acids is 1. The number of hydrogen-bond donors (Lipinski definition) is 0.